The second kappa shape index (κ2) is 5.00. The molecule has 1 N–H and O–H groups in total. The fourth-order valence-corrected chi connectivity index (χ4v) is 1.53. The first kappa shape index (κ1) is 12.5. The summed E-state index contributed by atoms with van der Waals surface area (Å²) in [5, 5.41) is 20.9. The lowest BCUT2D eigenvalue weighted by molar-refractivity contribution is -0.135. The van der Waals surface area contributed by atoms with E-state index in [-0.39, 0.29) is 16.8 Å². The Morgan fingerprint density at radius 1 is 1.41 bits per heavy atom. The van der Waals surface area contributed by atoms with Gasteiger partial charge in [0, 0.05) is 5.70 Å². The Morgan fingerprint density at radius 2 is 2.06 bits per heavy atom. The fraction of sp³-hybridized carbons (Fsp3) is 0.250. The van der Waals surface area contributed by atoms with Gasteiger partial charge in [-0.3, -0.25) is 0 Å². The minimum Gasteiger partial charge on any atom is -0.465 e. The zero-order chi connectivity index (χ0) is 13.0. The van der Waals surface area contributed by atoms with Crippen LogP contribution in [0.3, 0.4) is 0 Å². The molecule has 86 valence electrons. The first-order chi connectivity index (χ1) is 8.04. The number of hydrogen-bond acceptors (Lipinski definition) is 5. The maximum absolute atomic E-state index is 11.4. The van der Waals surface area contributed by atoms with Gasteiger partial charge in [0.05, 0.1) is 18.4 Å². The van der Waals surface area contributed by atoms with E-state index in [2.05, 4.69) is 10.1 Å². The summed E-state index contributed by atoms with van der Waals surface area (Å²) in [7, 11) is 1.19. The van der Waals surface area contributed by atoms with Crippen LogP contribution in [-0.2, 0) is 9.53 Å². The van der Waals surface area contributed by atoms with Crippen molar-refractivity contribution >= 4 is 5.97 Å². The number of nitrogens with zero attached hydrogens (tertiary/aromatic N) is 2. The van der Waals surface area contributed by atoms with Crippen LogP contribution in [0.4, 0.5) is 0 Å². The first-order valence-corrected chi connectivity index (χ1v) is 4.84. The lowest BCUT2D eigenvalue weighted by Crippen LogP contribution is -2.22. The Kier molecular flexibility index (Phi) is 3.69. The van der Waals surface area contributed by atoms with Crippen molar-refractivity contribution in [3.63, 3.8) is 0 Å². The molecule has 0 aliphatic carbocycles. The zero-order valence-electron chi connectivity index (χ0n) is 9.79. The summed E-state index contributed by atoms with van der Waals surface area (Å²) >= 11 is 0. The van der Waals surface area contributed by atoms with Gasteiger partial charge >= 0.3 is 5.97 Å². The Balaban J connectivity index is 3.47. The largest absolute Gasteiger partial charge is 0.465 e. The Labute approximate surface area is 99.3 Å². The topological polar surface area (TPSA) is 85.9 Å². The quantitative estimate of drug-likeness (QED) is 0.416. The molecule has 0 fully saturated rings. The number of carbonyl (C=O) groups is 1. The number of allylic oxidation sites excluding steroid dienone is 4. The van der Waals surface area contributed by atoms with Crippen LogP contribution in [0.25, 0.3) is 0 Å². The van der Waals surface area contributed by atoms with Crippen molar-refractivity contribution in [1.82, 2.24) is 5.32 Å². The molecule has 5 heteroatoms. The molecule has 1 heterocycles. The van der Waals surface area contributed by atoms with Gasteiger partial charge in [-0.15, -0.1) is 0 Å². The highest BCUT2D eigenvalue weighted by Gasteiger charge is 2.22. The summed E-state index contributed by atoms with van der Waals surface area (Å²) in [6.45, 7) is 3.53. The highest BCUT2D eigenvalue weighted by atomic mass is 16.5. The smallest absolute Gasteiger partial charge is 0.350 e. The molecule has 0 aromatic heterocycles. The number of ether oxygens (including phenoxy) is 1. The molecule has 0 spiro atoms. The predicted octanol–water partition coefficient (Wildman–Crippen LogP) is 1.28. The van der Waals surface area contributed by atoms with Gasteiger partial charge in [-0.05, 0) is 25.5 Å². The van der Waals surface area contributed by atoms with Crippen LogP contribution in [0.15, 0.2) is 34.2 Å². The predicted molar refractivity (Wildman–Crippen MR) is 59.9 cm³/mol. The average molecular weight is 229 g/mol. The van der Waals surface area contributed by atoms with Crippen LogP contribution >= 0.6 is 0 Å². The molecule has 5 nitrogen and oxygen atoms in total. The van der Waals surface area contributed by atoms with Crippen molar-refractivity contribution in [2.24, 2.45) is 0 Å². The second-order valence-electron chi connectivity index (χ2n) is 3.48. The zero-order valence-corrected chi connectivity index (χ0v) is 9.79. The minimum absolute atomic E-state index is 0.198. The van der Waals surface area contributed by atoms with Crippen LogP contribution in [0.1, 0.15) is 13.8 Å². The Morgan fingerprint density at radius 3 is 2.53 bits per heavy atom. The van der Waals surface area contributed by atoms with Crippen LogP contribution < -0.4 is 5.32 Å². The fourth-order valence-electron chi connectivity index (χ4n) is 1.53. The third kappa shape index (κ3) is 2.35. The van der Waals surface area contributed by atoms with Crippen molar-refractivity contribution in [3.8, 4) is 12.1 Å². The molecule has 0 unspecified atom stereocenters. The van der Waals surface area contributed by atoms with E-state index >= 15 is 0 Å². The van der Waals surface area contributed by atoms with E-state index in [1.165, 1.54) is 7.11 Å². The number of rotatable bonds is 1. The Hall–Kier alpha value is -2.53. The molecular formula is C12H11N3O2. The number of esters is 1. The van der Waals surface area contributed by atoms with E-state index < -0.39 is 5.97 Å². The van der Waals surface area contributed by atoms with E-state index in [4.69, 9.17) is 10.5 Å². The number of carbonyl (C=O) groups excluding carboxylic acids is 1. The van der Waals surface area contributed by atoms with Crippen molar-refractivity contribution in [3.05, 3.63) is 34.2 Å². The lowest BCUT2D eigenvalue weighted by Gasteiger charge is -2.18. The molecule has 0 saturated heterocycles. The van der Waals surface area contributed by atoms with Gasteiger partial charge in [-0.25, -0.2) is 4.79 Å². The molecule has 0 bridgehead atoms. The van der Waals surface area contributed by atoms with Crippen LogP contribution in [0.2, 0.25) is 0 Å². The van der Waals surface area contributed by atoms with Crippen molar-refractivity contribution in [2.75, 3.05) is 7.11 Å². The van der Waals surface area contributed by atoms with Crippen molar-refractivity contribution in [2.45, 2.75) is 13.8 Å². The van der Waals surface area contributed by atoms with Gasteiger partial charge in [-0.2, -0.15) is 10.5 Å². The molecule has 0 aromatic carbocycles. The molecule has 0 radical (unpaired) electrons. The number of dihydropyridines is 1. The first-order valence-electron chi connectivity index (χ1n) is 4.84. The third-order valence-electron chi connectivity index (χ3n) is 2.26. The van der Waals surface area contributed by atoms with Gasteiger partial charge in [0.2, 0.25) is 0 Å². The van der Waals surface area contributed by atoms with Crippen LogP contribution in [-0.4, -0.2) is 13.1 Å². The molecule has 0 atom stereocenters. The standard InChI is InChI=1S/C12H11N3O2/c1-7-4-8(2)15-11(9(7)5-13)10(6-14)12(16)17-3/h4,15H,1-3H3/b11-10-. The van der Waals surface area contributed by atoms with Gasteiger partial charge in [-0.1, -0.05) is 0 Å². The molecule has 0 saturated carbocycles. The minimum atomic E-state index is -0.759. The summed E-state index contributed by atoms with van der Waals surface area (Å²) in [5.41, 5.74) is 1.75. The van der Waals surface area contributed by atoms with Crippen molar-refractivity contribution in [1.29, 1.82) is 10.5 Å². The molecule has 1 aliphatic heterocycles. The molecular weight excluding hydrogens is 218 g/mol. The van der Waals surface area contributed by atoms with E-state index in [0.29, 0.717) is 5.57 Å². The maximum Gasteiger partial charge on any atom is 0.350 e. The number of nitriles is 2. The third-order valence-corrected chi connectivity index (χ3v) is 2.26. The average Bonchev–Trinajstić information content (AvgIpc) is 2.29. The van der Waals surface area contributed by atoms with E-state index in [9.17, 15) is 4.79 Å². The maximum atomic E-state index is 11.4. The summed E-state index contributed by atoms with van der Waals surface area (Å²) in [6.07, 6.45) is 1.77. The summed E-state index contributed by atoms with van der Waals surface area (Å²) in [5.74, 6) is -0.759. The van der Waals surface area contributed by atoms with E-state index in [1.807, 2.05) is 6.07 Å². The highest BCUT2D eigenvalue weighted by Crippen LogP contribution is 2.23. The molecule has 0 amide bonds. The number of hydrogen-bond donors (Lipinski definition) is 1. The summed E-state index contributed by atoms with van der Waals surface area (Å²) in [6, 6.07) is 3.73. The lowest BCUT2D eigenvalue weighted by atomic mass is 9.99. The molecule has 17 heavy (non-hydrogen) atoms. The molecule has 1 rings (SSSR count). The number of methoxy groups -OCH3 is 1. The van der Waals surface area contributed by atoms with E-state index in [1.54, 1.807) is 26.0 Å². The SMILES string of the molecule is COC(=O)/C(C#N)=C1\NC(C)=CC(C)=C1C#N. The molecule has 1 aliphatic rings. The van der Waals surface area contributed by atoms with E-state index in [0.717, 1.165) is 5.70 Å². The van der Waals surface area contributed by atoms with Crippen LogP contribution in [0, 0.1) is 22.7 Å². The summed E-state index contributed by atoms with van der Waals surface area (Å²) in [4.78, 5) is 11.4. The van der Waals surface area contributed by atoms with Gasteiger partial charge in [0.25, 0.3) is 0 Å². The van der Waals surface area contributed by atoms with Crippen molar-refractivity contribution < 1.29 is 9.53 Å². The second-order valence-corrected chi connectivity index (χ2v) is 3.48. The normalized spacial score (nSPS) is 17.4. The van der Waals surface area contributed by atoms with Crippen LogP contribution in [0.5, 0.6) is 0 Å². The highest BCUT2D eigenvalue weighted by molar-refractivity contribution is 5.95. The van der Waals surface area contributed by atoms with Gasteiger partial charge < -0.3 is 10.1 Å². The molecule has 0 aromatic rings. The van der Waals surface area contributed by atoms with Gasteiger partial charge in [0.15, 0.2) is 5.57 Å². The summed E-state index contributed by atoms with van der Waals surface area (Å²) < 4.78 is 4.51. The number of nitrogens with one attached hydrogen (secondary N) is 1. The monoisotopic (exact) mass is 229 g/mol. The Bertz CT molecular complexity index is 539. The van der Waals surface area contributed by atoms with Gasteiger partial charge in [0.1, 0.15) is 12.1 Å².